The fourth-order valence-corrected chi connectivity index (χ4v) is 4.63. The van der Waals surface area contributed by atoms with Gasteiger partial charge < -0.3 is 4.90 Å². The molecule has 1 fully saturated rings. The van der Waals surface area contributed by atoms with E-state index in [9.17, 15) is 13.6 Å². The van der Waals surface area contributed by atoms with Crippen molar-refractivity contribution >= 4 is 16.7 Å². The van der Waals surface area contributed by atoms with Crippen LogP contribution in [0.25, 0.3) is 10.9 Å². The second-order valence-electron chi connectivity index (χ2n) is 7.62. The van der Waals surface area contributed by atoms with E-state index in [0.29, 0.717) is 16.7 Å². The van der Waals surface area contributed by atoms with E-state index in [4.69, 9.17) is 0 Å². The van der Waals surface area contributed by atoms with Crippen molar-refractivity contribution in [2.24, 2.45) is 0 Å². The lowest BCUT2D eigenvalue weighted by Gasteiger charge is -2.28. The Morgan fingerprint density at radius 3 is 2.86 bits per heavy atom. The number of fused-ring (bicyclic) bond motifs is 2. The Balaban J connectivity index is 1.66. The molecular weight excluding hydrogens is 376 g/mol. The van der Waals surface area contributed by atoms with Crippen LogP contribution in [0.2, 0.25) is 0 Å². The van der Waals surface area contributed by atoms with E-state index in [1.165, 1.54) is 0 Å². The van der Waals surface area contributed by atoms with E-state index < -0.39 is 18.5 Å². The molecule has 0 radical (unpaired) electrons. The molecule has 8 heteroatoms. The van der Waals surface area contributed by atoms with Gasteiger partial charge in [-0.15, -0.1) is 0 Å². The van der Waals surface area contributed by atoms with Crippen molar-refractivity contribution in [2.75, 3.05) is 11.4 Å². The topological polar surface area (TPSA) is 63.9 Å². The second-order valence-corrected chi connectivity index (χ2v) is 7.62. The summed E-state index contributed by atoms with van der Waals surface area (Å²) in [4.78, 5) is 28.8. The molecular formula is C21H21F2N5O. The predicted octanol–water partition coefficient (Wildman–Crippen LogP) is 3.28. The lowest BCUT2D eigenvalue weighted by Crippen LogP contribution is -2.34. The molecule has 1 atom stereocenters. The van der Waals surface area contributed by atoms with Gasteiger partial charge in [0.2, 0.25) is 0 Å². The fourth-order valence-electron chi connectivity index (χ4n) is 4.63. The van der Waals surface area contributed by atoms with E-state index >= 15 is 0 Å². The Hall–Kier alpha value is -2.90. The molecule has 1 aromatic carbocycles. The average Bonchev–Trinajstić information content (AvgIpc) is 3.39. The van der Waals surface area contributed by atoms with Gasteiger partial charge in [-0.25, -0.2) is 23.7 Å². The maximum Gasteiger partial charge on any atom is 0.261 e. The number of aryl methyl sites for hydroxylation is 1. The van der Waals surface area contributed by atoms with Gasteiger partial charge in [0.1, 0.15) is 18.0 Å². The zero-order chi connectivity index (χ0) is 20.0. The number of hydrogen-bond acceptors (Lipinski definition) is 5. The summed E-state index contributed by atoms with van der Waals surface area (Å²) in [6.07, 6.45) is 3.48. The Morgan fingerprint density at radius 1 is 1.14 bits per heavy atom. The number of rotatable bonds is 4. The number of benzene rings is 1. The summed E-state index contributed by atoms with van der Waals surface area (Å²) in [5, 5.41) is 0.365. The van der Waals surface area contributed by atoms with Crippen LogP contribution in [-0.4, -0.2) is 32.5 Å². The molecule has 0 saturated carbocycles. The van der Waals surface area contributed by atoms with Gasteiger partial charge in [-0.05, 0) is 44.2 Å². The first-order valence-corrected chi connectivity index (χ1v) is 10.0. The molecule has 6 nitrogen and oxygen atoms in total. The van der Waals surface area contributed by atoms with Crippen LogP contribution >= 0.6 is 0 Å². The highest BCUT2D eigenvalue weighted by molar-refractivity contribution is 5.77. The molecule has 5 rings (SSSR count). The van der Waals surface area contributed by atoms with Crippen LogP contribution < -0.4 is 10.5 Å². The second kappa shape index (κ2) is 7.17. The minimum absolute atomic E-state index is 0.259. The van der Waals surface area contributed by atoms with E-state index in [-0.39, 0.29) is 6.04 Å². The van der Waals surface area contributed by atoms with Gasteiger partial charge in [-0.3, -0.25) is 9.36 Å². The van der Waals surface area contributed by atoms with Crippen LogP contribution in [-0.2, 0) is 19.4 Å². The highest BCUT2D eigenvalue weighted by Gasteiger charge is 2.34. The molecule has 150 valence electrons. The van der Waals surface area contributed by atoms with Gasteiger partial charge in [-0.2, -0.15) is 0 Å². The number of halogens is 2. The molecule has 0 N–H and O–H groups in total. The Morgan fingerprint density at radius 2 is 2.00 bits per heavy atom. The number of anilines is 1. The quantitative estimate of drug-likeness (QED) is 0.676. The number of hydrogen-bond donors (Lipinski definition) is 0. The van der Waals surface area contributed by atoms with E-state index in [1.807, 2.05) is 0 Å². The molecule has 1 unspecified atom stereocenters. The third kappa shape index (κ3) is 3.07. The third-order valence-corrected chi connectivity index (χ3v) is 5.89. The van der Waals surface area contributed by atoms with Crippen LogP contribution in [0.4, 0.5) is 14.6 Å². The Bertz CT molecular complexity index is 1130. The molecule has 2 aliphatic rings. The molecule has 2 aromatic heterocycles. The minimum atomic E-state index is -2.63. The molecule has 1 aliphatic carbocycles. The van der Waals surface area contributed by atoms with Gasteiger partial charge in [-0.1, -0.05) is 12.1 Å². The summed E-state index contributed by atoms with van der Waals surface area (Å²) in [5.74, 6) is 1.26. The monoisotopic (exact) mass is 397 g/mol. The van der Waals surface area contributed by atoms with Crippen molar-refractivity contribution in [3.8, 4) is 0 Å². The molecule has 0 spiro atoms. The molecule has 29 heavy (non-hydrogen) atoms. The normalized spacial score (nSPS) is 18.7. The fraction of sp³-hybridized carbons (Fsp3) is 0.429. The lowest BCUT2D eigenvalue weighted by atomic mass is 10.1. The van der Waals surface area contributed by atoms with Crippen LogP contribution in [0.5, 0.6) is 0 Å². The summed E-state index contributed by atoms with van der Waals surface area (Å²) in [5.41, 5.74) is 2.34. The summed E-state index contributed by atoms with van der Waals surface area (Å²) in [7, 11) is 0. The molecule has 1 aliphatic heterocycles. The van der Waals surface area contributed by atoms with E-state index in [2.05, 4.69) is 19.9 Å². The average molecular weight is 397 g/mol. The van der Waals surface area contributed by atoms with Gasteiger partial charge in [0.05, 0.1) is 23.5 Å². The zero-order valence-electron chi connectivity index (χ0n) is 15.9. The maximum atomic E-state index is 13.3. The summed E-state index contributed by atoms with van der Waals surface area (Å²) in [6, 6.07) is 6.67. The summed E-state index contributed by atoms with van der Waals surface area (Å²) < 4.78 is 27.9. The SMILES string of the molecule is O=c1c2ccccc2nc(C2CCCN2c2ncnc3c2CCC3)n1CC(F)F. The minimum Gasteiger partial charge on any atom is -0.346 e. The van der Waals surface area contributed by atoms with Crippen LogP contribution in [0, 0.1) is 0 Å². The molecule has 3 aromatic rings. The highest BCUT2D eigenvalue weighted by Crippen LogP contribution is 2.38. The molecule has 0 bridgehead atoms. The number of aromatic nitrogens is 4. The van der Waals surface area contributed by atoms with Gasteiger partial charge >= 0.3 is 0 Å². The van der Waals surface area contributed by atoms with Crippen molar-refractivity contribution in [1.29, 1.82) is 0 Å². The summed E-state index contributed by atoms with van der Waals surface area (Å²) in [6.45, 7) is 0.101. The molecule has 1 saturated heterocycles. The zero-order valence-corrected chi connectivity index (χ0v) is 15.9. The summed E-state index contributed by atoms with van der Waals surface area (Å²) >= 11 is 0. The van der Waals surface area contributed by atoms with Crippen molar-refractivity contribution in [3.05, 3.63) is 58.0 Å². The van der Waals surface area contributed by atoms with E-state index in [1.54, 1.807) is 30.6 Å². The van der Waals surface area contributed by atoms with Crippen molar-refractivity contribution in [3.63, 3.8) is 0 Å². The number of para-hydroxylation sites is 1. The first-order valence-electron chi connectivity index (χ1n) is 10.0. The standard InChI is InChI=1S/C21H21F2N5O/c22-18(23)11-28-20(26-16-7-2-1-5-14(16)21(28)29)17-9-4-10-27(17)19-13-6-3-8-15(13)24-12-25-19/h1-2,5,7,12,17-18H,3-4,6,8-11H2. The van der Waals surface area contributed by atoms with Crippen molar-refractivity contribution in [2.45, 2.75) is 51.1 Å². The molecule has 0 amide bonds. The van der Waals surface area contributed by atoms with Crippen LogP contribution in [0.1, 0.15) is 42.4 Å². The predicted molar refractivity (Wildman–Crippen MR) is 105 cm³/mol. The third-order valence-electron chi connectivity index (χ3n) is 5.89. The maximum absolute atomic E-state index is 13.3. The van der Waals surface area contributed by atoms with Crippen molar-refractivity contribution in [1.82, 2.24) is 19.5 Å². The first-order chi connectivity index (χ1) is 14.1. The number of alkyl halides is 2. The van der Waals surface area contributed by atoms with Gasteiger partial charge in [0.15, 0.2) is 0 Å². The van der Waals surface area contributed by atoms with Crippen LogP contribution in [0.3, 0.4) is 0 Å². The lowest BCUT2D eigenvalue weighted by molar-refractivity contribution is 0.123. The van der Waals surface area contributed by atoms with Crippen molar-refractivity contribution < 1.29 is 8.78 Å². The number of nitrogens with zero attached hydrogens (tertiary/aromatic N) is 5. The first kappa shape index (κ1) is 18.1. The smallest absolute Gasteiger partial charge is 0.261 e. The van der Waals surface area contributed by atoms with Gasteiger partial charge in [0, 0.05) is 17.8 Å². The van der Waals surface area contributed by atoms with Crippen LogP contribution in [0.15, 0.2) is 35.4 Å². The largest absolute Gasteiger partial charge is 0.346 e. The Kier molecular flexibility index (Phi) is 4.49. The molecule has 3 heterocycles. The van der Waals surface area contributed by atoms with E-state index in [0.717, 1.165) is 60.3 Å². The Labute approximate surface area is 166 Å². The highest BCUT2D eigenvalue weighted by atomic mass is 19.3. The van der Waals surface area contributed by atoms with Gasteiger partial charge in [0.25, 0.3) is 12.0 Å².